The normalized spacial score (nSPS) is 50.7. The number of allylic oxidation sites excluding steroid dienone is 2. The van der Waals surface area contributed by atoms with Gasteiger partial charge in [0.05, 0.1) is 6.10 Å². The number of fused-ring (bicyclic) bond motifs is 2. The summed E-state index contributed by atoms with van der Waals surface area (Å²) in [7, 11) is 0. The van der Waals surface area contributed by atoms with Crippen LogP contribution in [0.25, 0.3) is 0 Å². The quantitative estimate of drug-likeness (QED) is 0.439. The molecule has 176 valence electrons. The number of rotatable bonds is 5. The fourth-order valence-corrected chi connectivity index (χ4v) is 10.5. The fourth-order valence-electron chi connectivity index (χ4n) is 10.5. The van der Waals surface area contributed by atoms with Crippen molar-refractivity contribution in [3.05, 3.63) is 11.6 Å². The van der Waals surface area contributed by atoms with E-state index in [9.17, 15) is 5.11 Å². The average Bonchev–Trinajstić information content (AvgIpc) is 3.27. The Labute approximate surface area is 192 Å². The van der Waals surface area contributed by atoms with Gasteiger partial charge < -0.3 is 5.11 Å². The summed E-state index contributed by atoms with van der Waals surface area (Å²) in [5.41, 5.74) is 3.91. The predicted molar refractivity (Wildman–Crippen MR) is 131 cm³/mol. The van der Waals surface area contributed by atoms with Crippen LogP contribution in [0, 0.1) is 50.7 Å². The molecule has 0 saturated heterocycles. The molecular formula is C30H50O. The molecule has 4 saturated carbocycles. The molecule has 8 atom stereocenters. The summed E-state index contributed by atoms with van der Waals surface area (Å²) >= 11 is 0. The van der Waals surface area contributed by atoms with Crippen molar-refractivity contribution in [3.63, 3.8) is 0 Å². The second kappa shape index (κ2) is 6.86. The monoisotopic (exact) mass is 426 g/mol. The summed E-state index contributed by atoms with van der Waals surface area (Å²) in [6.07, 6.45) is 17.6. The van der Waals surface area contributed by atoms with Crippen LogP contribution < -0.4 is 0 Å². The van der Waals surface area contributed by atoms with Crippen LogP contribution in [0.15, 0.2) is 11.6 Å². The lowest BCUT2D eigenvalue weighted by Crippen LogP contribution is -2.53. The first kappa shape index (κ1) is 22.5. The zero-order valence-corrected chi connectivity index (χ0v) is 21.7. The molecule has 0 aliphatic heterocycles. The summed E-state index contributed by atoms with van der Waals surface area (Å²) < 4.78 is 0. The third-order valence-electron chi connectivity index (χ3n) is 12.6. The van der Waals surface area contributed by atoms with Gasteiger partial charge in [0, 0.05) is 0 Å². The van der Waals surface area contributed by atoms with Gasteiger partial charge in [-0.3, -0.25) is 0 Å². The first-order valence-corrected chi connectivity index (χ1v) is 13.8. The molecule has 5 aliphatic carbocycles. The summed E-state index contributed by atoms with van der Waals surface area (Å²) in [5.74, 6) is 3.30. The topological polar surface area (TPSA) is 20.2 Å². The van der Waals surface area contributed by atoms with Crippen molar-refractivity contribution in [2.45, 2.75) is 125 Å². The minimum absolute atomic E-state index is 0.0780. The van der Waals surface area contributed by atoms with Crippen molar-refractivity contribution < 1.29 is 5.11 Å². The van der Waals surface area contributed by atoms with Crippen molar-refractivity contribution in [3.8, 4) is 0 Å². The maximum absolute atomic E-state index is 10.8. The largest absolute Gasteiger partial charge is 0.393 e. The van der Waals surface area contributed by atoms with Gasteiger partial charge in [-0.15, -0.1) is 0 Å². The van der Waals surface area contributed by atoms with Crippen molar-refractivity contribution in [2.24, 2.45) is 50.7 Å². The molecule has 0 amide bonds. The molecule has 0 heterocycles. The van der Waals surface area contributed by atoms with Crippen molar-refractivity contribution >= 4 is 0 Å². The van der Waals surface area contributed by atoms with Crippen LogP contribution in [0.3, 0.4) is 0 Å². The van der Waals surface area contributed by atoms with Crippen LogP contribution in [0.1, 0.15) is 119 Å². The van der Waals surface area contributed by atoms with E-state index in [-0.39, 0.29) is 11.5 Å². The SMILES string of the molecule is CC(C)CCC[C@@H](C)[C@H]1CC[C@@]2(C)C3=CC[C@H]4C(C)(C)C(O)CC[C@@]45C[C@]35CC[C@]12C. The summed E-state index contributed by atoms with van der Waals surface area (Å²) in [6.45, 7) is 17.5. The van der Waals surface area contributed by atoms with Gasteiger partial charge in [-0.05, 0) is 102 Å². The fraction of sp³-hybridized carbons (Fsp3) is 0.933. The Morgan fingerprint density at radius 3 is 2.42 bits per heavy atom. The zero-order valence-electron chi connectivity index (χ0n) is 21.7. The van der Waals surface area contributed by atoms with Crippen LogP contribution in [-0.2, 0) is 0 Å². The molecule has 4 fully saturated rings. The van der Waals surface area contributed by atoms with Crippen molar-refractivity contribution in [1.82, 2.24) is 0 Å². The molecular weight excluding hydrogens is 376 g/mol. The minimum Gasteiger partial charge on any atom is -0.393 e. The molecule has 31 heavy (non-hydrogen) atoms. The van der Waals surface area contributed by atoms with E-state index < -0.39 is 0 Å². The van der Waals surface area contributed by atoms with Gasteiger partial charge in [-0.25, -0.2) is 0 Å². The molecule has 1 N–H and O–H groups in total. The Kier molecular flexibility index (Phi) is 4.98. The number of aliphatic hydroxyl groups is 1. The Hall–Kier alpha value is -0.300. The number of aliphatic hydroxyl groups excluding tert-OH is 1. The molecule has 1 heteroatoms. The maximum atomic E-state index is 10.8. The molecule has 1 nitrogen and oxygen atoms in total. The van der Waals surface area contributed by atoms with E-state index >= 15 is 0 Å². The summed E-state index contributed by atoms with van der Waals surface area (Å²) in [6, 6.07) is 0. The average molecular weight is 427 g/mol. The van der Waals surface area contributed by atoms with Gasteiger partial charge in [-0.2, -0.15) is 0 Å². The second-order valence-corrected chi connectivity index (χ2v) is 14.4. The molecule has 1 unspecified atom stereocenters. The van der Waals surface area contributed by atoms with Crippen molar-refractivity contribution in [2.75, 3.05) is 0 Å². The highest BCUT2D eigenvalue weighted by Crippen LogP contribution is 2.87. The van der Waals surface area contributed by atoms with Gasteiger partial charge in [0.2, 0.25) is 0 Å². The summed E-state index contributed by atoms with van der Waals surface area (Å²) in [4.78, 5) is 0. The van der Waals surface area contributed by atoms with Crippen LogP contribution in [0.2, 0.25) is 0 Å². The number of hydrogen-bond acceptors (Lipinski definition) is 1. The van der Waals surface area contributed by atoms with Gasteiger partial charge in [0.1, 0.15) is 0 Å². The van der Waals surface area contributed by atoms with Gasteiger partial charge >= 0.3 is 0 Å². The van der Waals surface area contributed by atoms with Gasteiger partial charge in [0.15, 0.2) is 0 Å². The Morgan fingerprint density at radius 1 is 0.968 bits per heavy atom. The van der Waals surface area contributed by atoms with Crippen molar-refractivity contribution in [1.29, 1.82) is 0 Å². The van der Waals surface area contributed by atoms with E-state index in [1.54, 1.807) is 0 Å². The Morgan fingerprint density at radius 2 is 1.71 bits per heavy atom. The van der Waals surface area contributed by atoms with E-state index in [1.807, 2.05) is 5.57 Å². The lowest BCUT2D eigenvalue weighted by molar-refractivity contribution is -0.0905. The summed E-state index contributed by atoms with van der Waals surface area (Å²) in [5, 5.41) is 10.8. The molecule has 2 spiro atoms. The first-order valence-electron chi connectivity index (χ1n) is 13.8. The number of hydrogen-bond donors (Lipinski definition) is 1. The molecule has 5 aliphatic rings. The molecule has 5 rings (SSSR count). The molecule has 0 radical (unpaired) electrons. The van der Waals surface area contributed by atoms with Crippen LogP contribution in [0.4, 0.5) is 0 Å². The minimum atomic E-state index is -0.109. The van der Waals surface area contributed by atoms with E-state index in [4.69, 9.17) is 0 Å². The van der Waals surface area contributed by atoms with E-state index in [2.05, 4.69) is 54.5 Å². The standard InChI is InChI=1S/C30H50O/c1-20(2)9-8-10-21(3)22-13-15-28(7)24-12-11-23-26(4,5)25(31)14-16-29(23)19-30(24,29)18-17-27(22,28)6/h12,20-23,25,31H,8-11,13-19H2,1-7H3/t21-,22-,23+,25?,27-,28+,29-,30-/m1/s1. The molecule has 0 aromatic heterocycles. The smallest absolute Gasteiger partial charge is 0.0594 e. The molecule has 0 bridgehead atoms. The van der Waals surface area contributed by atoms with Crippen LogP contribution in [-0.4, -0.2) is 11.2 Å². The Balaban J connectivity index is 1.43. The van der Waals surface area contributed by atoms with E-state index in [1.165, 1.54) is 64.2 Å². The first-order chi connectivity index (χ1) is 14.4. The lowest BCUT2D eigenvalue weighted by atomic mass is 9.45. The third-order valence-corrected chi connectivity index (χ3v) is 12.6. The third kappa shape index (κ3) is 2.71. The highest BCUT2D eigenvalue weighted by Gasteiger charge is 2.80. The van der Waals surface area contributed by atoms with Crippen LogP contribution >= 0.6 is 0 Å². The highest BCUT2D eigenvalue weighted by atomic mass is 16.3. The molecule has 0 aromatic rings. The second-order valence-electron chi connectivity index (χ2n) is 14.4. The molecule has 0 aromatic carbocycles. The lowest BCUT2D eigenvalue weighted by Gasteiger charge is -2.60. The zero-order chi connectivity index (χ0) is 22.4. The highest BCUT2D eigenvalue weighted by molar-refractivity contribution is 5.45. The van der Waals surface area contributed by atoms with Gasteiger partial charge in [0.25, 0.3) is 0 Å². The van der Waals surface area contributed by atoms with E-state index in [0.717, 1.165) is 24.2 Å². The van der Waals surface area contributed by atoms with Gasteiger partial charge in [-0.1, -0.05) is 79.4 Å². The maximum Gasteiger partial charge on any atom is 0.0594 e. The Bertz CT molecular complexity index is 762. The van der Waals surface area contributed by atoms with E-state index in [0.29, 0.717) is 27.6 Å². The van der Waals surface area contributed by atoms with Crippen LogP contribution in [0.5, 0.6) is 0 Å². The predicted octanol–water partition coefficient (Wildman–Crippen LogP) is 8.17.